The Morgan fingerprint density at radius 3 is 2.72 bits per heavy atom. The highest BCUT2D eigenvalue weighted by molar-refractivity contribution is 8.14. The molecule has 2 unspecified atom stereocenters. The SMILES string of the molecule is CCOC(=O)CCn1ncc(C=C2CN(C(C(=O)C3CC3)c3ccccc3F)CCC2SC(C)=O)n1. The lowest BCUT2D eigenvalue weighted by Gasteiger charge is -2.38. The topological polar surface area (TPSA) is 94.4 Å². The molecule has 8 nitrogen and oxygen atoms in total. The third kappa shape index (κ3) is 6.67. The third-order valence-corrected chi connectivity index (χ3v) is 7.46. The molecule has 1 saturated heterocycles. The van der Waals surface area contributed by atoms with Gasteiger partial charge in [0.1, 0.15) is 11.5 Å². The van der Waals surface area contributed by atoms with E-state index >= 15 is 0 Å². The minimum absolute atomic E-state index is 0.0113. The van der Waals surface area contributed by atoms with E-state index in [9.17, 15) is 18.8 Å². The summed E-state index contributed by atoms with van der Waals surface area (Å²) in [5, 5.41) is 8.62. The summed E-state index contributed by atoms with van der Waals surface area (Å²) in [7, 11) is 0. The van der Waals surface area contributed by atoms with Crippen LogP contribution in [0, 0.1) is 11.7 Å². The molecule has 2 atom stereocenters. The van der Waals surface area contributed by atoms with E-state index in [0.717, 1.165) is 18.4 Å². The number of aryl methyl sites for hydroxylation is 1. The Labute approximate surface area is 214 Å². The fourth-order valence-electron chi connectivity index (χ4n) is 4.49. The van der Waals surface area contributed by atoms with E-state index in [4.69, 9.17) is 4.74 Å². The van der Waals surface area contributed by atoms with Crippen molar-refractivity contribution in [2.75, 3.05) is 19.7 Å². The van der Waals surface area contributed by atoms with Gasteiger partial charge in [-0.2, -0.15) is 15.0 Å². The maximum atomic E-state index is 14.8. The summed E-state index contributed by atoms with van der Waals surface area (Å²) < 4.78 is 19.8. The molecule has 2 aliphatic rings. The number of Topliss-reactive ketones (excluding diaryl/α,β-unsaturated/α-hetero) is 1. The van der Waals surface area contributed by atoms with Crippen LogP contribution in [0.1, 0.15) is 56.8 Å². The van der Waals surface area contributed by atoms with Crippen molar-refractivity contribution in [3.8, 4) is 0 Å². The van der Waals surface area contributed by atoms with Gasteiger partial charge in [-0.1, -0.05) is 30.0 Å². The Hall–Kier alpha value is -2.85. The number of carbonyl (C=O) groups excluding carboxylic acids is 3. The summed E-state index contributed by atoms with van der Waals surface area (Å²) in [5.41, 5.74) is 1.93. The number of esters is 1. The van der Waals surface area contributed by atoms with Crippen LogP contribution in [-0.2, 0) is 25.7 Å². The molecule has 2 heterocycles. The van der Waals surface area contributed by atoms with E-state index in [1.807, 2.05) is 11.0 Å². The Bertz CT molecular complexity index is 1150. The number of carbonyl (C=O) groups is 3. The molecule has 1 aromatic carbocycles. The molecule has 4 rings (SSSR count). The van der Waals surface area contributed by atoms with Crippen LogP contribution in [0.25, 0.3) is 6.08 Å². The summed E-state index contributed by atoms with van der Waals surface area (Å²) in [5.74, 6) is -0.658. The number of nitrogens with zero attached hydrogens (tertiary/aromatic N) is 4. The van der Waals surface area contributed by atoms with Crippen LogP contribution in [0.3, 0.4) is 0 Å². The second-order valence-electron chi connectivity index (χ2n) is 9.10. The Kier molecular flexibility index (Phi) is 8.68. The van der Waals surface area contributed by atoms with Crippen molar-refractivity contribution in [1.29, 1.82) is 0 Å². The van der Waals surface area contributed by atoms with Gasteiger partial charge < -0.3 is 4.74 Å². The van der Waals surface area contributed by atoms with Crippen molar-refractivity contribution in [1.82, 2.24) is 19.9 Å². The van der Waals surface area contributed by atoms with Gasteiger partial charge in [-0.05, 0) is 43.9 Å². The average molecular weight is 515 g/mol. The third-order valence-electron chi connectivity index (χ3n) is 6.31. The van der Waals surface area contributed by atoms with Crippen LogP contribution in [-0.4, -0.2) is 61.7 Å². The maximum Gasteiger partial charge on any atom is 0.307 e. The van der Waals surface area contributed by atoms with Crippen molar-refractivity contribution in [3.63, 3.8) is 0 Å². The van der Waals surface area contributed by atoms with E-state index in [-0.39, 0.29) is 40.3 Å². The fourth-order valence-corrected chi connectivity index (χ4v) is 5.41. The monoisotopic (exact) mass is 514 g/mol. The number of piperidine rings is 1. The molecular formula is C26H31FN4O4S. The first-order valence-corrected chi connectivity index (χ1v) is 13.2. The molecule has 2 fully saturated rings. The molecule has 1 saturated carbocycles. The van der Waals surface area contributed by atoms with Gasteiger partial charge in [-0.15, -0.1) is 0 Å². The summed E-state index contributed by atoms with van der Waals surface area (Å²) >= 11 is 1.26. The molecule has 192 valence electrons. The molecule has 0 radical (unpaired) electrons. The van der Waals surface area contributed by atoms with Gasteiger partial charge in [-0.3, -0.25) is 19.3 Å². The lowest BCUT2D eigenvalue weighted by Crippen LogP contribution is -2.43. The van der Waals surface area contributed by atoms with Crippen LogP contribution in [0.4, 0.5) is 4.39 Å². The van der Waals surface area contributed by atoms with E-state index in [2.05, 4.69) is 10.2 Å². The van der Waals surface area contributed by atoms with E-state index in [1.54, 1.807) is 38.2 Å². The highest BCUT2D eigenvalue weighted by atomic mass is 32.2. The molecule has 1 aliphatic heterocycles. The Morgan fingerprint density at radius 2 is 2.03 bits per heavy atom. The standard InChI is InChI=1S/C26H31FN4O4S/c1-3-35-24(33)11-13-31-28-15-20(29-31)14-19-16-30(12-10-23(19)36-17(2)32)25(26(34)18-8-9-18)21-6-4-5-7-22(21)27/h4-7,14-15,18,23,25H,3,8-13,16H2,1-2H3. The van der Waals surface area contributed by atoms with Crippen molar-refractivity contribution in [2.45, 2.75) is 57.4 Å². The molecule has 1 aliphatic carbocycles. The minimum atomic E-state index is -0.661. The number of hydrogen-bond donors (Lipinski definition) is 0. The van der Waals surface area contributed by atoms with Gasteiger partial charge >= 0.3 is 5.97 Å². The number of likely N-dealkylation sites (tertiary alicyclic amines) is 1. The van der Waals surface area contributed by atoms with Gasteiger partial charge in [0.25, 0.3) is 0 Å². The molecule has 0 spiro atoms. The van der Waals surface area contributed by atoms with Crippen LogP contribution in [0.15, 0.2) is 36.0 Å². The zero-order chi connectivity index (χ0) is 25.7. The number of benzene rings is 1. The molecule has 36 heavy (non-hydrogen) atoms. The Morgan fingerprint density at radius 1 is 1.25 bits per heavy atom. The first-order chi connectivity index (χ1) is 17.4. The van der Waals surface area contributed by atoms with E-state index in [0.29, 0.717) is 43.9 Å². The summed E-state index contributed by atoms with van der Waals surface area (Å²) in [6, 6.07) is 5.81. The van der Waals surface area contributed by atoms with E-state index in [1.165, 1.54) is 22.6 Å². The summed E-state index contributed by atoms with van der Waals surface area (Å²) in [4.78, 5) is 40.4. The zero-order valence-corrected chi connectivity index (χ0v) is 21.4. The summed E-state index contributed by atoms with van der Waals surface area (Å²) in [6.07, 6.45) is 6.01. The lowest BCUT2D eigenvalue weighted by atomic mass is 9.93. The van der Waals surface area contributed by atoms with Crippen LogP contribution in [0.5, 0.6) is 0 Å². The zero-order valence-electron chi connectivity index (χ0n) is 20.6. The van der Waals surface area contributed by atoms with Crippen LogP contribution in [0.2, 0.25) is 0 Å². The van der Waals surface area contributed by atoms with E-state index < -0.39 is 6.04 Å². The van der Waals surface area contributed by atoms with Crippen molar-refractivity contribution < 1.29 is 23.5 Å². The number of ketones is 1. The molecule has 10 heteroatoms. The second kappa shape index (κ2) is 11.9. The van der Waals surface area contributed by atoms with Crippen molar-refractivity contribution >= 4 is 34.7 Å². The number of aromatic nitrogens is 3. The number of ether oxygens (including phenoxy) is 1. The predicted octanol–water partition coefficient (Wildman–Crippen LogP) is 3.83. The lowest BCUT2D eigenvalue weighted by molar-refractivity contribution is -0.143. The highest BCUT2D eigenvalue weighted by Gasteiger charge is 2.41. The number of rotatable bonds is 10. The maximum absolute atomic E-state index is 14.8. The van der Waals surface area contributed by atoms with Crippen molar-refractivity contribution in [3.05, 3.63) is 53.1 Å². The normalized spacial score (nSPS) is 20.3. The van der Waals surface area contributed by atoms with Gasteiger partial charge in [0.05, 0.1) is 31.8 Å². The van der Waals surface area contributed by atoms with Gasteiger partial charge in [-0.25, -0.2) is 4.39 Å². The quantitative estimate of drug-likeness (QED) is 0.442. The molecule has 0 bridgehead atoms. The molecule has 0 N–H and O–H groups in total. The smallest absolute Gasteiger partial charge is 0.307 e. The van der Waals surface area contributed by atoms with Gasteiger partial charge in [0.2, 0.25) is 0 Å². The molecule has 1 aromatic heterocycles. The Balaban J connectivity index is 1.57. The van der Waals surface area contributed by atoms with Gasteiger partial charge in [0.15, 0.2) is 10.9 Å². The number of hydrogen-bond acceptors (Lipinski definition) is 8. The first-order valence-electron chi connectivity index (χ1n) is 12.3. The molecular weight excluding hydrogens is 483 g/mol. The first kappa shape index (κ1) is 26.2. The molecule has 2 aromatic rings. The van der Waals surface area contributed by atoms with Crippen LogP contribution >= 0.6 is 11.8 Å². The average Bonchev–Trinajstić information content (AvgIpc) is 3.60. The molecule has 0 amide bonds. The highest BCUT2D eigenvalue weighted by Crippen LogP contribution is 2.40. The fraction of sp³-hybridized carbons (Fsp3) is 0.500. The predicted molar refractivity (Wildman–Crippen MR) is 134 cm³/mol. The van der Waals surface area contributed by atoms with Gasteiger partial charge in [0, 0.05) is 36.7 Å². The minimum Gasteiger partial charge on any atom is -0.466 e. The van der Waals surface area contributed by atoms with Crippen LogP contribution < -0.4 is 0 Å². The number of halogens is 1. The second-order valence-corrected chi connectivity index (χ2v) is 10.5. The van der Waals surface area contributed by atoms with Crippen molar-refractivity contribution in [2.24, 2.45) is 5.92 Å². The number of thioether (sulfide) groups is 1. The largest absolute Gasteiger partial charge is 0.466 e. The summed E-state index contributed by atoms with van der Waals surface area (Å²) in [6.45, 7) is 4.91.